The fraction of sp³-hybridized carbons (Fsp3) is 0.500. The summed E-state index contributed by atoms with van der Waals surface area (Å²) in [5, 5.41) is 20.9. The average Bonchev–Trinajstić information content (AvgIpc) is 2.98. The van der Waals surface area contributed by atoms with E-state index < -0.39 is 36.9 Å². The van der Waals surface area contributed by atoms with Gasteiger partial charge in [-0.1, -0.05) is 61.7 Å². The first-order valence-electron chi connectivity index (χ1n) is 14.1. The molecule has 3 aliphatic rings. The summed E-state index contributed by atoms with van der Waals surface area (Å²) in [5.74, 6) is -0.392. The molecule has 0 spiro atoms. The molecule has 2 saturated heterocycles. The highest BCUT2D eigenvalue weighted by molar-refractivity contribution is 5.92. The Hall–Kier alpha value is -3.63. The molecule has 40 heavy (non-hydrogen) atoms. The molecule has 1 aliphatic carbocycles. The molecule has 3 amide bonds. The zero-order valence-electron chi connectivity index (χ0n) is 22.6. The number of phenolic OH excluding ortho intramolecular Hbond substituents is 1. The minimum Gasteiger partial charge on any atom is -0.508 e. The van der Waals surface area contributed by atoms with E-state index in [9.17, 15) is 24.6 Å². The van der Waals surface area contributed by atoms with Gasteiger partial charge in [0.05, 0.1) is 19.8 Å². The predicted octanol–water partition coefficient (Wildman–Crippen LogP) is 2.87. The van der Waals surface area contributed by atoms with Gasteiger partial charge < -0.3 is 24.7 Å². The normalized spacial score (nSPS) is 23.7. The van der Waals surface area contributed by atoms with Gasteiger partial charge in [0, 0.05) is 13.0 Å². The van der Waals surface area contributed by atoms with E-state index in [1.165, 1.54) is 11.3 Å². The molecule has 214 valence electrons. The number of piperazine rings is 1. The standard InChI is InChI=1S/C30H37N3O7/c34-19-25-28(36)31(16-15-21-11-13-24(35)14-12-21)18-27-32(25)29(37)26(17-22-7-3-1-4-8-22)40-33(27)30(38)39-20-23-9-5-2-6-10-23/h1,3-4,7-8,11-14,23,25-27,34-35H,2,5-6,9-10,15-20H2/t25-,26-,27-/m0/s1. The van der Waals surface area contributed by atoms with Crippen molar-refractivity contribution in [1.82, 2.24) is 14.9 Å². The minimum atomic E-state index is -1.15. The van der Waals surface area contributed by atoms with Gasteiger partial charge in [-0.15, -0.1) is 0 Å². The van der Waals surface area contributed by atoms with Crippen LogP contribution in [0.5, 0.6) is 5.75 Å². The van der Waals surface area contributed by atoms with E-state index in [1.54, 1.807) is 29.2 Å². The fourth-order valence-electron chi connectivity index (χ4n) is 5.84. The van der Waals surface area contributed by atoms with Crippen LogP contribution in [0.2, 0.25) is 0 Å². The summed E-state index contributed by atoms with van der Waals surface area (Å²) in [6, 6.07) is 14.9. The first-order chi connectivity index (χ1) is 19.4. The van der Waals surface area contributed by atoms with Crippen molar-refractivity contribution in [2.75, 3.05) is 26.3 Å². The summed E-state index contributed by atoms with van der Waals surface area (Å²) in [6.45, 7) is 0.0161. The van der Waals surface area contributed by atoms with Gasteiger partial charge in [-0.3, -0.25) is 14.4 Å². The number of carbonyl (C=O) groups excluding carboxylic acids is 3. The molecule has 2 aromatic rings. The van der Waals surface area contributed by atoms with Crippen LogP contribution in [0.1, 0.15) is 43.2 Å². The van der Waals surface area contributed by atoms with E-state index in [4.69, 9.17) is 9.57 Å². The number of aliphatic hydroxyl groups excluding tert-OH is 1. The van der Waals surface area contributed by atoms with Crippen molar-refractivity contribution in [1.29, 1.82) is 0 Å². The molecule has 0 radical (unpaired) electrons. The van der Waals surface area contributed by atoms with Crippen molar-refractivity contribution in [2.45, 2.75) is 63.3 Å². The van der Waals surface area contributed by atoms with E-state index in [0.29, 0.717) is 18.9 Å². The number of ether oxygens (including phenoxy) is 1. The van der Waals surface area contributed by atoms with Crippen LogP contribution in [0.25, 0.3) is 0 Å². The van der Waals surface area contributed by atoms with Crippen LogP contribution < -0.4 is 0 Å². The molecule has 0 bridgehead atoms. The number of hydrogen-bond donors (Lipinski definition) is 2. The number of aromatic hydroxyl groups is 1. The van der Waals surface area contributed by atoms with Crippen LogP contribution in [-0.2, 0) is 32.0 Å². The Bertz CT molecular complexity index is 1170. The SMILES string of the molecule is O=C1[C@H](CO)N2C(=O)[C@H](Cc3ccccc3)ON(C(=O)OCC3CCCCC3)[C@H]2CN1CCc1ccc(O)cc1. The lowest BCUT2D eigenvalue weighted by molar-refractivity contribution is -0.267. The lowest BCUT2D eigenvalue weighted by atomic mass is 9.90. The van der Waals surface area contributed by atoms with Crippen LogP contribution in [0.3, 0.4) is 0 Å². The lowest BCUT2D eigenvalue weighted by Crippen LogP contribution is -2.74. The van der Waals surface area contributed by atoms with Crippen LogP contribution in [0.4, 0.5) is 4.79 Å². The van der Waals surface area contributed by atoms with Crippen molar-refractivity contribution in [3.8, 4) is 5.75 Å². The highest BCUT2D eigenvalue weighted by Gasteiger charge is 2.53. The van der Waals surface area contributed by atoms with Crippen molar-refractivity contribution in [2.24, 2.45) is 5.92 Å². The lowest BCUT2D eigenvalue weighted by Gasteiger charge is -2.52. The topological polar surface area (TPSA) is 120 Å². The van der Waals surface area contributed by atoms with Gasteiger partial charge in [0.2, 0.25) is 5.91 Å². The van der Waals surface area contributed by atoms with E-state index >= 15 is 0 Å². The number of fused-ring (bicyclic) bond motifs is 1. The maximum Gasteiger partial charge on any atom is 0.436 e. The highest BCUT2D eigenvalue weighted by Crippen LogP contribution is 2.30. The van der Waals surface area contributed by atoms with Crippen LogP contribution in [0, 0.1) is 5.92 Å². The predicted molar refractivity (Wildman–Crippen MR) is 145 cm³/mol. The van der Waals surface area contributed by atoms with Gasteiger partial charge in [0.25, 0.3) is 5.91 Å². The second kappa shape index (κ2) is 12.7. The molecule has 5 rings (SSSR count). The monoisotopic (exact) mass is 551 g/mol. The first kappa shape index (κ1) is 27.9. The minimum absolute atomic E-state index is 0.0236. The number of amides is 3. The second-order valence-electron chi connectivity index (χ2n) is 10.8. The molecule has 0 aromatic heterocycles. The Labute approximate surface area is 234 Å². The Morgan fingerprint density at radius 3 is 2.38 bits per heavy atom. The van der Waals surface area contributed by atoms with Crippen molar-refractivity contribution < 1.29 is 34.2 Å². The molecule has 10 nitrogen and oxygen atoms in total. The van der Waals surface area contributed by atoms with Crippen LogP contribution >= 0.6 is 0 Å². The molecular formula is C30H37N3O7. The van der Waals surface area contributed by atoms with E-state index in [-0.39, 0.29) is 31.2 Å². The molecule has 3 atom stereocenters. The zero-order chi connectivity index (χ0) is 28.1. The molecule has 2 aromatic carbocycles. The maximum atomic E-state index is 13.7. The van der Waals surface area contributed by atoms with Crippen LogP contribution in [-0.4, -0.2) is 87.6 Å². The largest absolute Gasteiger partial charge is 0.508 e. The number of hydrogen-bond acceptors (Lipinski definition) is 7. The number of phenols is 1. The number of benzene rings is 2. The van der Waals surface area contributed by atoms with Crippen molar-refractivity contribution in [3.63, 3.8) is 0 Å². The Kier molecular flexibility index (Phi) is 8.86. The Morgan fingerprint density at radius 1 is 0.950 bits per heavy atom. The van der Waals surface area contributed by atoms with E-state index in [1.807, 2.05) is 30.3 Å². The Balaban J connectivity index is 1.37. The van der Waals surface area contributed by atoms with E-state index in [0.717, 1.165) is 41.9 Å². The quantitative estimate of drug-likeness (QED) is 0.518. The zero-order valence-corrected chi connectivity index (χ0v) is 22.6. The summed E-state index contributed by atoms with van der Waals surface area (Å²) < 4.78 is 5.71. The first-order valence-corrected chi connectivity index (χ1v) is 14.1. The van der Waals surface area contributed by atoms with Gasteiger partial charge in [0.1, 0.15) is 11.8 Å². The summed E-state index contributed by atoms with van der Waals surface area (Å²) in [5.41, 5.74) is 1.76. The van der Waals surface area contributed by atoms with E-state index in [2.05, 4.69) is 0 Å². The molecule has 1 saturated carbocycles. The summed E-state index contributed by atoms with van der Waals surface area (Å²) in [4.78, 5) is 49.5. The average molecular weight is 552 g/mol. The Morgan fingerprint density at radius 2 is 1.68 bits per heavy atom. The van der Waals surface area contributed by atoms with Crippen molar-refractivity contribution in [3.05, 3.63) is 65.7 Å². The van der Waals surface area contributed by atoms with Gasteiger partial charge >= 0.3 is 6.09 Å². The van der Waals surface area contributed by atoms with Crippen molar-refractivity contribution >= 4 is 17.9 Å². The van der Waals surface area contributed by atoms with Gasteiger partial charge in [-0.25, -0.2) is 4.79 Å². The molecule has 2 aliphatic heterocycles. The molecular weight excluding hydrogens is 514 g/mol. The molecule has 10 heteroatoms. The van der Waals surface area contributed by atoms with Crippen LogP contribution in [0.15, 0.2) is 54.6 Å². The number of nitrogens with zero attached hydrogens (tertiary/aromatic N) is 3. The number of hydroxylamine groups is 2. The maximum absolute atomic E-state index is 13.7. The third-order valence-corrected chi connectivity index (χ3v) is 8.07. The summed E-state index contributed by atoms with van der Waals surface area (Å²) in [6.07, 6.45) is 3.44. The number of carbonyl (C=O) groups is 3. The fourth-order valence-corrected chi connectivity index (χ4v) is 5.84. The third-order valence-electron chi connectivity index (χ3n) is 8.07. The third kappa shape index (κ3) is 6.23. The van der Waals surface area contributed by atoms with Gasteiger partial charge in [-0.2, -0.15) is 5.06 Å². The molecule has 2 heterocycles. The molecule has 0 unspecified atom stereocenters. The molecule has 3 fully saturated rings. The number of rotatable bonds is 8. The second-order valence-corrected chi connectivity index (χ2v) is 10.8. The summed E-state index contributed by atoms with van der Waals surface area (Å²) in [7, 11) is 0. The van der Waals surface area contributed by atoms with Gasteiger partial charge in [0.15, 0.2) is 12.3 Å². The number of aliphatic hydroxyl groups is 1. The highest BCUT2D eigenvalue weighted by atomic mass is 16.7. The smallest absolute Gasteiger partial charge is 0.436 e. The summed E-state index contributed by atoms with van der Waals surface area (Å²) >= 11 is 0. The van der Waals surface area contributed by atoms with Gasteiger partial charge in [-0.05, 0) is 48.4 Å². The molecule has 2 N–H and O–H groups in total.